The van der Waals surface area contributed by atoms with Crippen molar-refractivity contribution in [3.8, 4) is 11.8 Å². The maximum absolute atomic E-state index is 10.6. The van der Waals surface area contributed by atoms with Crippen LogP contribution in [-0.2, 0) is 0 Å². The Kier molecular flexibility index (Phi) is 21.2. The third-order valence-electron chi connectivity index (χ3n) is 4.81. The number of aliphatic hydroxyl groups excluding tert-OH is 1. The topological polar surface area (TPSA) is 65.3 Å². The van der Waals surface area contributed by atoms with Crippen LogP contribution in [0.15, 0.2) is 39.8 Å². The van der Waals surface area contributed by atoms with Crippen molar-refractivity contribution >= 4 is 17.5 Å². The van der Waals surface area contributed by atoms with Crippen molar-refractivity contribution in [3.63, 3.8) is 0 Å². The second-order valence-corrected chi connectivity index (χ2v) is 8.75. The second-order valence-electron chi connectivity index (χ2n) is 7.87. The number of ether oxygens (including phenoxy) is 1. The Bertz CT molecular complexity index is 854. The van der Waals surface area contributed by atoms with E-state index in [1.807, 2.05) is 33.3 Å². The minimum Gasteiger partial charge on any atom is -0.552 e. The standard InChI is InChI=1S/C26H36N2O2S.C2H6.K/c1-8-20(6)23-16-22(11-13-25(23)30-15-14-27)24(29)12-10-19(5)17-31-26(21(7)9-2)28-18(3)4;1-2;/h10-13,17-18,20,28-29H,8-9,15H2,1-7H3;1-2H3;/q-2;;+1/b19-17+,24-12+,26-21?;;. The summed E-state index contributed by atoms with van der Waals surface area (Å²) in [4.78, 5) is 0. The first kappa shape index (κ1) is 35.3. The zero-order valence-electron chi connectivity index (χ0n) is 22.9. The fourth-order valence-electron chi connectivity index (χ4n) is 2.62. The molecule has 0 heterocycles. The molecule has 0 aliphatic heterocycles. The average molecular weight is 510 g/mol. The number of nitriles is 1. The van der Waals surface area contributed by atoms with Crippen molar-refractivity contribution in [1.82, 2.24) is 5.32 Å². The molecule has 0 bridgehead atoms. The number of nitrogens with zero attached hydrogens (tertiary/aromatic N) is 1. The Morgan fingerprint density at radius 1 is 1.26 bits per heavy atom. The number of nitrogens with one attached hydrogen (secondary N) is 1. The third kappa shape index (κ3) is 13.3. The molecule has 0 saturated carbocycles. The van der Waals surface area contributed by atoms with Gasteiger partial charge in [-0.2, -0.15) is 17.3 Å². The van der Waals surface area contributed by atoms with E-state index in [2.05, 4.69) is 58.3 Å². The molecular formula is C28H42KN2O2S-. The summed E-state index contributed by atoms with van der Waals surface area (Å²) >= 11 is 1.67. The molecule has 2 N–H and O–H groups in total. The van der Waals surface area contributed by atoms with Crippen LogP contribution in [-0.4, -0.2) is 17.8 Å². The first-order valence-electron chi connectivity index (χ1n) is 11.8. The molecule has 4 nitrogen and oxygen atoms in total. The predicted molar refractivity (Wildman–Crippen MR) is 144 cm³/mol. The van der Waals surface area contributed by atoms with Gasteiger partial charge < -0.3 is 15.2 Å². The SMILES string of the molecule is CC.CCC(C)=C(NC(C)C)S/C=C(\C)[CH-]/C=C(/O)c1[c-]c(C(C)CC)c(OCC#N)cc1.[K+]. The maximum atomic E-state index is 10.6. The Morgan fingerprint density at radius 2 is 1.91 bits per heavy atom. The van der Waals surface area contributed by atoms with Crippen LogP contribution in [0.5, 0.6) is 5.75 Å². The Balaban J connectivity index is 0. The van der Waals surface area contributed by atoms with Crippen LogP contribution in [0.3, 0.4) is 0 Å². The maximum Gasteiger partial charge on any atom is 1.00 e. The largest absolute Gasteiger partial charge is 1.00 e. The van der Waals surface area contributed by atoms with Crippen molar-refractivity contribution < 1.29 is 61.2 Å². The number of aliphatic hydroxyl groups is 1. The van der Waals surface area contributed by atoms with Gasteiger partial charge in [0.05, 0.1) is 5.03 Å². The van der Waals surface area contributed by atoms with Gasteiger partial charge in [-0.25, -0.2) is 0 Å². The molecule has 0 radical (unpaired) electrons. The van der Waals surface area contributed by atoms with Crippen LogP contribution in [0.25, 0.3) is 5.76 Å². The van der Waals surface area contributed by atoms with Crippen LogP contribution in [0.2, 0.25) is 0 Å². The zero-order chi connectivity index (χ0) is 25.4. The molecule has 0 saturated heterocycles. The molecule has 0 amide bonds. The number of thioether (sulfide) groups is 1. The van der Waals surface area contributed by atoms with Gasteiger partial charge in [0.2, 0.25) is 0 Å². The summed E-state index contributed by atoms with van der Waals surface area (Å²) in [6.07, 6.45) is 5.51. The molecule has 6 heteroatoms. The molecule has 0 spiro atoms. The Morgan fingerprint density at radius 3 is 2.44 bits per heavy atom. The normalized spacial score (nSPS) is 13.0. The van der Waals surface area contributed by atoms with Crippen molar-refractivity contribution in [2.24, 2.45) is 0 Å². The van der Waals surface area contributed by atoms with Crippen molar-refractivity contribution in [1.29, 1.82) is 5.26 Å². The van der Waals surface area contributed by atoms with Gasteiger partial charge in [-0.05, 0) is 38.7 Å². The van der Waals surface area contributed by atoms with Gasteiger partial charge in [-0.3, -0.25) is 0 Å². The summed E-state index contributed by atoms with van der Waals surface area (Å²) in [5.41, 5.74) is 3.86. The molecule has 184 valence electrons. The van der Waals surface area contributed by atoms with Crippen molar-refractivity contribution in [2.45, 2.75) is 87.1 Å². The van der Waals surface area contributed by atoms with E-state index >= 15 is 0 Å². The van der Waals surface area contributed by atoms with E-state index in [1.54, 1.807) is 30.0 Å². The van der Waals surface area contributed by atoms with Gasteiger partial charge >= 0.3 is 51.4 Å². The van der Waals surface area contributed by atoms with E-state index in [4.69, 9.17) is 10.00 Å². The summed E-state index contributed by atoms with van der Waals surface area (Å²) < 4.78 is 5.53. The van der Waals surface area contributed by atoms with Crippen LogP contribution >= 0.6 is 11.8 Å². The quantitative estimate of drug-likeness (QED) is 0.227. The summed E-state index contributed by atoms with van der Waals surface area (Å²) in [7, 11) is 0. The van der Waals surface area contributed by atoms with E-state index in [9.17, 15) is 5.11 Å². The van der Waals surface area contributed by atoms with Crippen LogP contribution in [0, 0.1) is 23.8 Å². The second kappa shape index (κ2) is 20.4. The zero-order valence-corrected chi connectivity index (χ0v) is 26.8. The summed E-state index contributed by atoms with van der Waals surface area (Å²) in [6.45, 7) is 18.7. The smallest absolute Gasteiger partial charge is 0.552 e. The molecule has 0 aliphatic carbocycles. The third-order valence-corrected chi connectivity index (χ3v) is 6.01. The monoisotopic (exact) mass is 509 g/mol. The Hall–Kier alpha value is -0.814. The molecule has 0 fully saturated rings. The molecule has 1 atom stereocenters. The van der Waals surface area contributed by atoms with Crippen LogP contribution < -0.4 is 61.4 Å². The molecule has 0 aromatic heterocycles. The van der Waals surface area contributed by atoms with E-state index in [-0.39, 0.29) is 69.7 Å². The van der Waals surface area contributed by atoms with Crippen molar-refractivity contribution in [2.75, 3.05) is 6.61 Å². The van der Waals surface area contributed by atoms with Gasteiger partial charge in [0.15, 0.2) is 6.61 Å². The van der Waals surface area contributed by atoms with Gasteiger partial charge in [0.25, 0.3) is 0 Å². The van der Waals surface area contributed by atoms with E-state index in [0.717, 1.165) is 24.0 Å². The first-order valence-corrected chi connectivity index (χ1v) is 12.7. The average Bonchev–Trinajstić information content (AvgIpc) is 2.83. The number of hydrogen-bond donors (Lipinski definition) is 2. The molecular weight excluding hydrogens is 467 g/mol. The Labute approximate surface area is 255 Å². The van der Waals surface area contributed by atoms with Crippen LogP contribution in [0.1, 0.15) is 92.2 Å². The van der Waals surface area contributed by atoms with Crippen molar-refractivity contribution in [3.05, 3.63) is 63.4 Å². The van der Waals surface area contributed by atoms with Gasteiger partial charge in [0.1, 0.15) is 6.07 Å². The molecule has 1 aromatic carbocycles. The van der Waals surface area contributed by atoms with Crippen LogP contribution in [0.4, 0.5) is 0 Å². The minimum atomic E-state index is -0.00647. The van der Waals surface area contributed by atoms with Gasteiger partial charge in [0, 0.05) is 17.6 Å². The number of benzene rings is 1. The summed E-state index contributed by atoms with van der Waals surface area (Å²) in [5, 5.41) is 26.1. The number of allylic oxidation sites excluding steroid dienone is 3. The predicted octanol–water partition coefficient (Wildman–Crippen LogP) is 5.31. The fourth-order valence-corrected chi connectivity index (χ4v) is 3.66. The molecule has 0 aliphatic rings. The summed E-state index contributed by atoms with van der Waals surface area (Å²) in [5.74, 6) is 1.01. The van der Waals surface area contributed by atoms with Gasteiger partial charge in [-0.1, -0.05) is 53.5 Å². The number of hydrogen-bond acceptors (Lipinski definition) is 5. The van der Waals surface area contributed by atoms with Gasteiger partial charge in [-0.15, -0.1) is 47.0 Å². The number of rotatable bonds is 12. The first-order chi connectivity index (χ1) is 15.7. The van der Waals surface area contributed by atoms with E-state index < -0.39 is 0 Å². The van der Waals surface area contributed by atoms with E-state index in [1.165, 1.54) is 10.6 Å². The van der Waals surface area contributed by atoms with E-state index in [0.29, 0.717) is 17.4 Å². The molecule has 34 heavy (non-hydrogen) atoms. The molecule has 1 rings (SSSR count). The minimum absolute atomic E-state index is 0. The molecule has 1 unspecified atom stereocenters. The summed E-state index contributed by atoms with van der Waals surface area (Å²) in [6, 6.07) is 9.21. The molecule has 1 aromatic rings. The fraction of sp³-hybridized carbons (Fsp3) is 0.500.